The second-order valence-corrected chi connectivity index (χ2v) is 8.85. The van der Waals surface area contributed by atoms with E-state index in [2.05, 4.69) is 138 Å². The predicted molar refractivity (Wildman–Crippen MR) is 139 cm³/mol. The number of aromatic nitrogens is 2. The molecule has 162 valence electrons. The molecular weight excluding hydrogens is 404 g/mol. The lowest BCUT2D eigenvalue weighted by atomic mass is 10.1. The maximum Gasteiger partial charge on any atom is 0.281 e. The van der Waals surface area contributed by atoms with Gasteiger partial charge < -0.3 is 9.80 Å². The highest BCUT2D eigenvalue weighted by Gasteiger charge is 2.26. The van der Waals surface area contributed by atoms with Crippen molar-refractivity contribution < 1.29 is 4.57 Å². The van der Waals surface area contributed by atoms with Crippen LogP contribution in [0.5, 0.6) is 0 Å². The molecule has 4 nitrogen and oxygen atoms in total. The van der Waals surface area contributed by atoms with E-state index in [1.165, 1.54) is 44.0 Å². The van der Waals surface area contributed by atoms with Crippen molar-refractivity contribution >= 4 is 50.0 Å². The minimum atomic E-state index is 1.16. The average Bonchev–Trinajstić information content (AvgIpc) is 3.21. The smallest absolute Gasteiger partial charge is 0.281 e. The Bertz CT molecular complexity index is 1510. The SMILES string of the molecule is CN1C(=CC=Cc2n(C)c3cc4ccccc4cc3[n+]2C)N(C)c2cc3ccccc3cc21. The highest BCUT2D eigenvalue weighted by Crippen LogP contribution is 2.42. The Kier molecular flexibility index (Phi) is 4.31. The first-order valence-corrected chi connectivity index (χ1v) is 11.3. The van der Waals surface area contributed by atoms with Crippen LogP contribution in [-0.4, -0.2) is 18.7 Å². The van der Waals surface area contributed by atoms with E-state index in [1.54, 1.807) is 0 Å². The Balaban J connectivity index is 1.39. The molecule has 0 bridgehead atoms. The van der Waals surface area contributed by atoms with Crippen LogP contribution in [0.15, 0.2) is 90.8 Å². The van der Waals surface area contributed by atoms with Crippen molar-refractivity contribution in [1.29, 1.82) is 0 Å². The first-order valence-electron chi connectivity index (χ1n) is 11.3. The topological polar surface area (TPSA) is 15.3 Å². The number of anilines is 2. The van der Waals surface area contributed by atoms with Gasteiger partial charge in [0, 0.05) is 20.2 Å². The van der Waals surface area contributed by atoms with Gasteiger partial charge in [-0.25, -0.2) is 9.13 Å². The third kappa shape index (κ3) is 2.94. The van der Waals surface area contributed by atoms with Gasteiger partial charge >= 0.3 is 0 Å². The molecule has 33 heavy (non-hydrogen) atoms. The molecule has 0 atom stereocenters. The molecule has 1 aromatic heterocycles. The molecule has 4 heteroatoms. The largest absolute Gasteiger partial charge is 0.329 e. The summed E-state index contributed by atoms with van der Waals surface area (Å²) >= 11 is 0. The number of fused-ring (bicyclic) bond motifs is 4. The van der Waals surface area contributed by atoms with E-state index >= 15 is 0 Å². The van der Waals surface area contributed by atoms with Crippen LogP contribution < -0.4 is 14.4 Å². The van der Waals surface area contributed by atoms with Crippen LogP contribution in [0.4, 0.5) is 11.4 Å². The molecule has 0 saturated carbocycles. The van der Waals surface area contributed by atoms with Crippen LogP contribution in [0.25, 0.3) is 38.7 Å². The first-order chi connectivity index (χ1) is 16.0. The summed E-state index contributed by atoms with van der Waals surface area (Å²) in [5.74, 6) is 2.31. The van der Waals surface area contributed by atoms with Gasteiger partial charge in [-0.2, -0.15) is 0 Å². The summed E-state index contributed by atoms with van der Waals surface area (Å²) in [6.45, 7) is 0. The van der Waals surface area contributed by atoms with E-state index in [9.17, 15) is 0 Å². The Labute approximate surface area is 193 Å². The van der Waals surface area contributed by atoms with Crippen molar-refractivity contribution in [1.82, 2.24) is 4.57 Å². The molecule has 1 aliphatic heterocycles. The van der Waals surface area contributed by atoms with Gasteiger partial charge in [-0.3, -0.25) is 0 Å². The highest BCUT2D eigenvalue weighted by atomic mass is 15.4. The van der Waals surface area contributed by atoms with Crippen LogP contribution >= 0.6 is 0 Å². The Morgan fingerprint density at radius 1 is 0.697 bits per heavy atom. The lowest BCUT2D eigenvalue weighted by Gasteiger charge is -2.17. The predicted octanol–water partition coefficient (Wildman–Crippen LogP) is 5.75. The second-order valence-electron chi connectivity index (χ2n) is 8.85. The van der Waals surface area contributed by atoms with Gasteiger partial charge in [0.25, 0.3) is 5.82 Å². The van der Waals surface area contributed by atoms with E-state index in [0.29, 0.717) is 0 Å². The fraction of sp³-hybridized carbons (Fsp3) is 0.138. The van der Waals surface area contributed by atoms with E-state index in [4.69, 9.17) is 0 Å². The molecule has 0 unspecified atom stereocenters. The van der Waals surface area contributed by atoms with Gasteiger partial charge in [0.05, 0.1) is 25.5 Å². The molecule has 0 fully saturated rings. The Morgan fingerprint density at radius 3 is 1.79 bits per heavy atom. The lowest BCUT2D eigenvalue weighted by Crippen LogP contribution is -2.30. The number of allylic oxidation sites excluding steroid dienone is 2. The van der Waals surface area contributed by atoms with Crippen molar-refractivity contribution in [3.05, 3.63) is 96.6 Å². The van der Waals surface area contributed by atoms with Crippen LogP contribution in [0.2, 0.25) is 0 Å². The number of rotatable bonds is 2. The summed E-state index contributed by atoms with van der Waals surface area (Å²) in [4.78, 5) is 4.53. The lowest BCUT2D eigenvalue weighted by molar-refractivity contribution is -0.647. The minimum Gasteiger partial charge on any atom is -0.329 e. The summed E-state index contributed by atoms with van der Waals surface area (Å²) < 4.78 is 4.53. The first kappa shape index (κ1) is 19.6. The molecule has 0 amide bonds. The van der Waals surface area contributed by atoms with E-state index in [0.717, 1.165) is 11.6 Å². The van der Waals surface area contributed by atoms with Gasteiger partial charge in [0.15, 0.2) is 11.0 Å². The molecule has 0 spiro atoms. The number of imidazole rings is 1. The van der Waals surface area contributed by atoms with Gasteiger partial charge in [-0.15, -0.1) is 0 Å². The van der Waals surface area contributed by atoms with Gasteiger partial charge in [0.1, 0.15) is 5.82 Å². The van der Waals surface area contributed by atoms with E-state index in [1.807, 2.05) is 0 Å². The van der Waals surface area contributed by atoms with Crippen molar-refractivity contribution in [2.45, 2.75) is 0 Å². The second kappa shape index (κ2) is 7.24. The normalized spacial score (nSPS) is 13.8. The summed E-state index contributed by atoms with van der Waals surface area (Å²) in [6, 6.07) is 26.2. The number of benzene rings is 4. The molecule has 0 aliphatic carbocycles. The Morgan fingerprint density at radius 2 is 1.21 bits per heavy atom. The van der Waals surface area contributed by atoms with E-state index in [-0.39, 0.29) is 0 Å². The molecule has 5 aromatic rings. The maximum atomic E-state index is 2.28. The molecule has 6 rings (SSSR count). The third-order valence-corrected chi connectivity index (χ3v) is 7.00. The summed E-state index contributed by atoms with van der Waals surface area (Å²) in [6.07, 6.45) is 6.54. The molecule has 0 radical (unpaired) electrons. The summed E-state index contributed by atoms with van der Waals surface area (Å²) in [7, 11) is 8.55. The number of aryl methyl sites for hydroxylation is 2. The molecular formula is C29H27N4+. The minimum absolute atomic E-state index is 1.16. The molecule has 0 N–H and O–H groups in total. The van der Waals surface area contributed by atoms with Crippen LogP contribution in [0.1, 0.15) is 5.82 Å². The van der Waals surface area contributed by atoms with Gasteiger partial charge in [-0.1, -0.05) is 54.6 Å². The van der Waals surface area contributed by atoms with E-state index < -0.39 is 0 Å². The number of nitrogens with zero attached hydrogens (tertiary/aromatic N) is 4. The fourth-order valence-corrected chi connectivity index (χ4v) is 5.12. The molecule has 1 aliphatic rings. The number of hydrogen-bond acceptors (Lipinski definition) is 2. The van der Waals surface area contributed by atoms with Gasteiger partial charge in [0.2, 0.25) is 0 Å². The highest BCUT2D eigenvalue weighted by molar-refractivity contribution is 5.96. The van der Waals surface area contributed by atoms with Crippen LogP contribution in [0, 0.1) is 0 Å². The van der Waals surface area contributed by atoms with Crippen molar-refractivity contribution in [2.75, 3.05) is 23.9 Å². The van der Waals surface area contributed by atoms with Crippen LogP contribution in [-0.2, 0) is 14.1 Å². The monoisotopic (exact) mass is 431 g/mol. The third-order valence-electron chi connectivity index (χ3n) is 7.00. The quantitative estimate of drug-likeness (QED) is 0.331. The molecule has 2 heterocycles. The zero-order chi connectivity index (χ0) is 22.7. The maximum absolute atomic E-state index is 2.28. The van der Waals surface area contributed by atoms with Crippen molar-refractivity contribution in [2.24, 2.45) is 14.1 Å². The average molecular weight is 432 g/mol. The van der Waals surface area contributed by atoms with Crippen molar-refractivity contribution in [3.63, 3.8) is 0 Å². The summed E-state index contributed by atoms with van der Waals surface area (Å²) in [5.41, 5.74) is 4.94. The zero-order valence-corrected chi connectivity index (χ0v) is 19.4. The number of hydrogen-bond donors (Lipinski definition) is 0. The summed E-state index contributed by atoms with van der Waals surface area (Å²) in [5, 5.41) is 5.07. The standard InChI is InChI=1S/C29H27N4/c1-30-24-16-20-10-5-6-11-21(20)17-25(24)31(2)28(30)14-9-15-29-32(3)26-18-22-12-7-8-13-23(22)19-27(26)33(29)4/h5-19H,1-4H3/q+1. The van der Waals surface area contributed by atoms with Crippen LogP contribution in [0.3, 0.4) is 0 Å². The zero-order valence-electron chi connectivity index (χ0n) is 19.4. The molecule has 0 saturated heterocycles. The van der Waals surface area contributed by atoms with Crippen molar-refractivity contribution in [3.8, 4) is 0 Å². The molecule has 4 aromatic carbocycles. The van der Waals surface area contributed by atoms with Gasteiger partial charge in [-0.05, 0) is 51.9 Å². The fourth-order valence-electron chi connectivity index (χ4n) is 5.12. The Hall–Kier alpha value is -4.05.